The maximum absolute atomic E-state index is 11.8. The summed E-state index contributed by atoms with van der Waals surface area (Å²) in [6.45, 7) is 5.38. The SMILES string of the molecule is CCNC(=NCC1(c2ccc(OC)c(OC)c2)CCCCC1)NCCS(=O)(=O)CC. The molecule has 0 unspecified atom stereocenters. The Hall–Kier alpha value is -1.96. The second-order valence-electron chi connectivity index (χ2n) is 7.77. The summed E-state index contributed by atoms with van der Waals surface area (Å²) in [5.74, 6) is 2.38. The molecule has 8 heteroatoms. The number of methoxy groups -OCH3 is 2. The lowest BCUT2D eigenvalue weighted by Crippen LogP contribution is -2.41. The Morgan fingerprint density at radius 3 is 2.37 bits per heavy atom. The second-order valence-corrected chi connectivity index (χ2v) is 10.2. The van der Waals surface area contributed by atoms with Gasteiger partial charge in [-0.15, -0.1) is 0 Å². The van der Waals surface area contributed by atoms with Crippen LogP contribution in [0.2, 0.25) is 0 Å². The van der Waals surface area contributed by atoms with Crippen LogP contribution in [0.15, 0.2) is 23.2 Å². The van der Waals surface area contributed by atoms with E-state index in [0.717, 1.165) is 30.9 Å². The average molecular weight is 440 g/mol. The number of aliphatic imine (C=N–C) groups is 1. The van der Waals surface area contributed by atoms with E-state index >= 15 is 0 Å². The first-order valence-electron chi connectivity index (χ1n) is 10.8. The van der Waals surface area contributed by atoms with Crippen LogP contribution in [0.4, 0.5) is 0 Å². The van der Waals surface area contributed by atoms with E-state index in [1.165, 1.54) is 24.8 Å². The molecule has 0 aromatic heterocycles. The quantitative estimate of drug-likeness (QED) is 0.430. The molecule has 170 valence electrons. The first-order valence-corrected chi connectivity index (χ1v) is 12.7. The van der Waals surface area contributed by atoms with Crippen molar-refractivity contribution in [3.8, 4) is 11.5 Å². The molecule has 1 aliphatic rings. The summed E-state index contributed by atoms with van der Waals surface area (Å²) in [6.07, 6.45) is 5.71. The first kappa shape index (κ1) is 24.3. The molecule has 7 nitrogen and oxygen atoms in total. The molecule has 1 aromatic carbocycles. The molecular weight excluding hydrogens is 402 g/mol. The predicted molar refractivity (Wildman–Crippen MR) is 123 cm³/mol. The molecule has 2 rings (SSSR count). The third kappa shape index (κ3) is 6.52. The Balaban J connectivity index is 2.23. The van der Waals surface area contributed by atoms with Gasteiger partial charge in [-0.05, 0) is 37.5 Å². The van der Waals surface area contributed by atoms with Gasteiger partial charge in [0, 0.05) is 24.3 Å². The van der Waals surface area contributed by atoms with Gasteiger partial charge in [-0.25, -0.2) is 8.42 Å². The molecule has 0 bridgehead atoms. The highest BCUT2D eigenvalue weighted by Crippen LogP contribution is 2.42. The highest BCUT2D eigenvalue weighted by molar-refractivity contribution is 7.91. The molecule has 0 heterocycles. The Kier molecular flexibility index (Phi) is 9.27. The van der Waals surface area contributed by atoms with Gasteiger partial charge in [0.2, 0.25) is 0 Å². The number of hydrogen-bond acceptors (Lipinski definition) is 5. The highest BCUT2D eigenvalue weighted by atomic mass is 32.2. The van der Waals surface area contributed by atoms with E-state index in [4.69, 9.17) is 14.5 Å². The second kappa shape index (κ2) is 11.4. The molecular formula is C22H37N3O4S. The maximum Gasteiger partial charge on any atom is 0.191 e. The largest absolute Gasteiger partial charge is 0.493 e. The minimum Gasteiger partial charge on any atom is -0.493 e. The van der Waals surface area contributed by atoms with E-state index in [1.807, 2.05) is 13.0 Å². The van der Waals surface area contributed by atoms with E-state index in [2.05, 4.69) is 22.8 Å². The summed E-state index contributed by atoms with van der Waals surface area (Å²) < 4.78 is 34.5. The van der Waals surface area contributed by atoms with Crippen molar-refractivity contribution >= 4 is 15.8 Å². The van der Waals surface area contributed by atoms with Gasteiger partial charge in [0.15, 0.2) is 27.3 Å². The van der Waals surface area contributed by atoms with Crippen LogP contribution < -0.4 is 20.1 Å². The smallest absolute Gasteiger partial charge is 0.191 e. The van der Waals surface area contributed by atoms with Crippen molar-refractivity contribution in [3.05, 3.63) is 23.8 Å². The number of ether oxygens (including phenoxy) is 2. The fraction of sp³-hybridized carbons (Fsp3) is 0.682. The van der Waals surface area contributed by atoms with Crippen LogP contribution in [0.3, 0.4) is 0 Å². The van der Waals surface area contributed by atoms with Crippen molar-refractivity contribution in [2.45, 2.75) is 51.4 Å². The number of benzene rings is 1. The third-order valence-electron chi connectivity index (χ3n) is 5.84. The topological polar surface area (TPSA) is 89.0 Å². The van der Waals surface area contributed by atoms with E-state index in [9.17, 15) is 8.42 Å². The average Bonchev–Trinajstić information content (AvgIpc) is 2.77. The summed E-state index contributed by atoms with van der Waals surface area (Å²) >= 11 is 0. The molecule has 2 N–H and O–H groups in total. The number of hydrogen-bond donors (Lipinski definition) is 2. The molecule has 1 fully saturated rings. The molecule has 0 spiro atoms. The van der Waals surface area contributed by atoms with Crippen molar-refractivity contribution in [2.24, 2.45) is 4.99 Å². The van der Waals surface area contributed by atoms with Gasteiger partial charge in [0.25, 0.3) is 0 Å². The van der Waals surface area contributed by atoms with Crippen LogP contribution in [0.5, 0.6) is 11.5 Å². The van der Waals surface area contributed by atoms with E-state index in [0.29, 0.717) is 19.0 Å². The third-order valence-corrected chi connectivity index (χ3v) is 7.54. The van der Waals surface area contributed by atoms with Gasteiger partial charge >= 0.3 is 0 Å². The molecule has 1 saturated carbocycles. The Morgan fingerprint density at radius 1 is 1.07 bits per heavy atom. The summed E-state index contributed by atoms with van der Waals surface area (Å²) in [5.41, 5.74) is 1.16. The molecule has 1 aliphatic carbocycles. The van der Waals surface area contributed by atoms with Gasteiger partial charge < -0.3 is 20.1 Å². The minimum atomic E-state index is -3.01. The lowest BCUT2D eigenvalue weighted by atomic mass is 9.69. The molecule has 1 aromatic rings. The fourth-order valence-corrected chi connectivity index (χ4v) is 4.68. The summed E-state index contributed by atoms with van der Waals surface area (Å²) in [5, 5.41) is 6.41. The Labute approximate surface area is 181 Å². The molecule has 0 saturated heterocycles. The van der Waals surface area contributed by atoms with Gasteiger partial charge in [-0.3, -0.25) is 4.99 Å². The minimum absolute atomic E-state index is 0.0599. The van der Waals surface area contributed by atoms with Crippen molar-refractivity contribution in [2.75, 3.05) is 45.4 Å². The zero-order valence-electron chi connectivity index (χ0n) is 18.8. The summed E-state index contributed by atoms with van der Waals surface area (Å²) in [7, 11) is 0.296. The predicted octanol–water partition coefficient (Wildman–Crippen LogP) is 2.90. The van der Waals surface area contributed by atoms with Crippen molar-refractivity contribution < 1.29 is 17.9 Å². The standard InChI is InChI=1S/C22H37N3O4S/c1-5-23-21(24-14-15-30(26,27)6-2)25-17-22(12-8-7-9-13-22)18-10-11-19(28-3)20(16-18)29-4/h10-11,16H,5-9,12-15,17H2,1-4H3,(H2,23,24,25). The first-order chi connectivity index (χ1) is 14.4. The summed E-state index contributed by atoms with van der Waals surface area (Å²) in [6, 6.07) is 6.16. The van der Waals surface area contributed by atoms with Crippen LogP contribution in [0, 0.1) is 0 Å². The molecule has 30 heavy (non-hydrogen) atoms. The highest BCUT2D eigenvalue weighted by Gasteiger charge is 2.34. The summed E-state index contributed by atoms with van der Waals surface area (Å²) in [4.78, 5) is 4.86. The Bertz CT molecular complexity index is 803. The Morgan fingerprint density at radius 2 is 1.77 bits per heavy atom. The maximum atomic E-state index is 11.8. The van der Waals surface area contributed by atoms with Gasteiger partial charge in [-0.1, -0.05) is 32.3 Å². The van der Waals surface area contributed by atoms with Gasteiger partial charge in [0.05, 0.1) is 26.5 Å². The molecule has 0 radical (unpaired) electrons. The van der Waals surface area contributed by atoms with Gasteiger partial charge in [0.1, 0.15) is 0 Å². The number of guanidine groups is 1. The zero-order valence-corrected chi connectivity index (χ0v) is 19.6. The number of nitrogens with one attached hydrogen (secondary N) is 2. The monoisotopic (exact) mass is 439 g/mol. The van der Waals surface area contributed by atoms with Crippen LogP contribution in [0.25, 0.3) is 0 Å². The van der Waals surface area contributed by atoms with Crippen LogP contribution >= 0.6 is 0 Å². The normalized spacial score (nSPS) is 16.7. The zero-order chi connectivity index (χ0) is 22.0. The number of rotatable bonds is 10. The molecule has 0 aliphatic heterocycles. The van der Waals surface area contributed by atoms with Crippen LogP contribution in [-0.2, 0) is 15.3 Å². The van der Waals surface area contributed by atoms with E-state index < -0.39 is 9.84 Å². The van der Waals surface area contributed by atoms with Crippen molar-refractivity contribution in [1.29, 1.82) is 0 Å². The number of nitrogens with zero attached hydrogens (tertiary/aromatic N) is 1. The van der Waals surface area contributed by atoms with Crippen molar-refractivity contribution in [3.63, 3.8) is 0 Å². The lowest BCUT2D eigenvalue weighted by molar-refractivity contribution is 0.298. The van der Waals surface area contributed by atoms with Crippen LogP contribution in [-0.4, -0.2) is 59.7 Å². The van der Waals surface area contributed by atoms with E-state index in [-0.39, 0.29) is 16.9 Å². The number of sulfone groups is 1. The van der Waals surface area contributed by atoms with Gasteiger partial charge in [-0.2, -0.15) is 0 Å². The molecule has 0 atom stereocenters. The van der Waals surface area contributed by atoms with Crippen molar-refractivity contribution in [1.82, 2.24) is 10.6 Å². The lowest BCUT2D eigenvalue weighted by Gasteiger charge is -2.37. The van der Waals surface area contributed by atoms with E-state index in [1.54, 1.807) is 21.1 Å². The fourth-order valence-electron chi connectivity index (χ4n) is 3.97. The van der Waals surface area contributed by atoms with Crippen LogP contribution in [0.1, 0.15) is 51.5 Å². The molecule has 0 amide bonds.